The van der Waals surface area contributed by atoms with E-state index < -0.39 is 0 Å². The Hall–Kier alpha value is -3.95. The number of amides is 1. The van der Waals surface area contributed by atoms with Crippen molar-refractivity contribution < 1.29 is 14.3 Å². The van der Waals surface area contributed by atoms with Crippen molar-refractivity contribution in [2.24, 2.45) is 7.05 Å². The number of carbonyl (C=O) groups is 1. The van der Waals surface area contributed by atoms with Gasteiger partial charge in [0.25, 0.3) is 5.91 Å². The summed E-state index contributed by atoms with van der Waals surface area (Å²) in [7, 11) is 3.98. The number of aliphatic hydroxyl groups is 1. The quantitative estimate of drug-likeness (QED) is 0.204. The summed E-state index contributed by atoms with van der Waals surface area (Å²) >= 11 is 3.21. The molecule has 0 bridgehead atoms. The Kier molecular flexibility index (Phi) is 7.87. The summed E-state index contributed by atoms with van der Waals surface area (Å²) < 4.78 is 8.04. The molecular weight excluding hydrogens is 581 g/mol. The zero-order chi connectivity index (χ0) is 30.4. The molecule has 0 spiro atoms. The van der Waals surface area contributed by atoms with E-state index in [1.165, 1.54) is 11.3 Å². The summed E-state index contributed by atoms with van der Waals surface area (Å²) in [5.74, 6) is 0.615. The number of fused-ring (bicyclic) bond motifs is 2. The average Bonchev–Trinajstić information content (AvgIpc) is 3.67. The van der Waals surface area contributed by atoms with Crippen LogP contribution < -0.4 is 5.32 Å². The molecule has 2 N–H and O–H groups in total. The van der Waals surface area contributed by atoms with Gasteiger partial charge < -0.3 is 24.3 Å². The normalized spacial score (nSPS) is 13.4. The maximum Gasteiger partial charge on any atom is 0.292 e. The molecule has 0 atom stereocenters. The van der Waals surface area contributed by atoms with Crippen molar-refractivity contribution in [2.45, 2.75) is 50.5 Å². The Morgan fingerprint density at radius 2 is 2.02 bits per heavy atom. The molecule has 0 saturated heterocycles. The minimum atomic E-state index is -0.217. The van der Waals surface area contributed by atoms with Crippen LogP contribution in [0.25, 0.3) is 33.7 Å². The monoisotopic (exact) mass is 612 g/mol. The number of oxazole rings is 1. The number of aliphatic hydroxyl groups excluding tert-OH is 1. The third-order valence-electron chi connectivity index (χ3n) is 7.68. The van der Waals surface area contributed by atoms with E-state index in [1.807, 2.05) is 30.7 Å². The number of hydrogen-bond donors (Lipinski definition) is 2. The molecule has 0 saturated carbocycles. The summed E-state index contributed by atoms with van der Waals surface area (Å²) in [4.78, 5) is 26.1. The lowest BCUT2D eigenvalue weighted by Crippen LogP contribution is -2.27. The molecule has 220 valence electrons. The molecule has 11 heteroatoms. The van der Waals surface area contributed by atoms with E-state index in [9.17, 15) is 15.2 Å². The molecule has 0 aliphatic carbocycles. The van der Waals surface area contributed by atoms with Crippen LogP contribution in [0, 0.1) is 18.3 Å². The third kappa shape index (κ3) is 5.36. The zero-order valence-corrected chi connectivity index (χ0v) is 26.3. The van der Waals surface area contributed by atoms with Crippen LogP contribution in [0.1, 0.15) is 52.5 Å². The maximum atomic E-state index is 13.5. The second kappa shape index (κ2) is 11.6. The number of aromatic nitrogens is 3. The van der Waals surface area contributed by atoms with Gasteiger partial charge in [-0.3, -0.25) is 4.79 Å². The van der Waals surface area contributed by atoms with Crippen molar-refractivity contribution in [1.82, 2.24) is 19.4 Å². The fraction of sp³-hybridized carbons (Fsp3) is 0.312. The summed E-state index contributed by atoms with van der Waals surface area (Å²) in [5.41, 5.74) is 7.77. The Balaban J connectivity index is 1.37. The summed E-state index contributed by atoms with van der Waals surface area (Å²) in [6.07, 6.45) is 0.871. The van der Waals surface area contributed by atoms with Gasteiger partial charge in [0.05, 0.1) is 22.8 Å². The predicted molar refractivity (Wildman–Crippen MR) is 170 cm³/mol. The van der Waals surface area contributed by atoms with Gasteiger partial charge in [0.2, 0.25) is 5.89 Å². The lowest BCUT2D eigenvalue weighted by atomic mass is 9.98. The number of likely N-dealkylation sites (N-methyl/N-ethyl adjacent to an activating group) is 1. The Morgan fingerprint density at radius 3 is 2.77 bits per heavy atom. The molecule has 6 rings (SSSR count). The molecule has 0 fully saturated rings. The van der Waals surface area contributed by atoms with Crippen LogP contribution in [0.15, 0.2) is 45.0 Å². The van der Waals surface area contributed by atoms with Gasteiger partial charge in [-0.15, -0.1) is 23.1 Å². The van der Waals surface area contributed by atoms with Crippen LogP contribution in [0.3, 0.4) is 0 Å². The van der Waals surface area contributed by atoms with E-state index >= 15 is 0 Å². The highest BCUT2D eigenvalue weighted by Crippen LogP contribution is 2.46. The molecule has 9 nitrogen and oxygen atoms in total. The van der Waals surface area contributed by atoms with Crippen molar-refractivity contribution in [3.8, 4) is 28.7 Å². The van der Waals surface area contributed by atoms with E-state index in [-0.39, 0.29) is 17.8 Å². The first-order valence-corrected chi connectivity index (χ1v) is 15.8. The van der Waals surface area contributed by atoms with Gasteiger partial charge in [-0.2, -0.15) is 5.26 Å². The Morgan fingerprint density at radius 1 is 1.23 bits per heavy atom. The van der Waals surface area contributed by atoms with Crippen LogP contribution in [-0.2, 0) is 26.6 Å². The van der Waals surface area contributed by atoms with Crippen LogP contribution >= 0.6 is 23.1 Å². The molecule has 0 unspecified atom stereocenters. The first-order chi connectivity index (χ1) is 20.7. The SMILES string of the molecule is Cc1c(-c2nc3cc(CO)cc(C#N)c3o2)cccc1-c1csc(NC(=O)c2nc3c(n2C)CCN(C)C3)c1SC(C)C. The second-order valence-electron chi connectivity index (χ2n) is 11.1. The zero-order valence-electron chi connectivity index (χ0n) is 24.7. The fourth-order valence-electron chi connectivity index (χ4n) is 5.53. The number of hydrogen-bond acceptors (Lipinski definition) is 9. The lowest BCUT2D eigenvalue weighted by Gasteiger charge is -2.21. The highest BCUT2D eigenvalue weighted by Gasteiger charge is 2.26. The number of anilines is 1. The standard InChI is InChI=1S/C32H32N6O3S2/c1-17(2)43-28-23(16-42-32(28)36-30(40)29-34-25-14-37(4)10-9-26(25)38(29)5)21-7-6-8-22(18(21)3)31-35-24-12-19(15-39)11-20(13-33)27(24)41-31/h6-8,11-12,16-17,39H,9-10,14-15H2,1-5H3,(H,36,40). The molecule has 1 aliphatic heterocycles. The van der Waals surface area contributed by atoms with Gasteiger partial charge in [-0.05, 0) is 48.9 Å². The van der Waals surface area contributed by atoms with Gasteiger partial charge in [0.1, 0.15) is 16.6 Å². The number of imidazole rings is 1. The molecule has 5 aromatic rings. The van der Waals surface area contributed by atoms with Gasteiger partial charge in [-0.25, -0.2) is 9.97 Å². The van der Waals surface area contributed by atoms with Crippen LogP contribution in [0.4, 0.5) is 5.00 Å². The summed E-state index contributed by atoms with van der Waals surface area (Å²) in [5, 5.41) is 25.6. The first kappa shape index (κ1) is 29.1. The van der Waals surface area contributed by atoms with Crippen LogP contribution in [0.2, 0.25) is 0 Å². The number of thiophene rings is 1. The van der Waals surface area contributed by atoms with Crippen molar-refractivity contribution in [1.29, 1.82) is 5.26 Å². The van der Waals surface area contributed by atoms with Gasteiger partial charge >= 0.3 is 0 Å². The van der Waals surface area contributed by atoms with Crippen LogP contribution in [0.5, 0.6) is 0 Å². The maximum absolute atomic E-state index is 13.5. The van der Waals surface area contributed by atoms with Crippen molar-refractivity contribution in [3.05, 3.63) is 69.6 Å². The average molecular weight is 613 g/mol. The molecule has 2 aromatic carbocycles. The van der Waals surface area contributed by atoms with Gasteiger partial charge in [0.15, 0.2) is 11.4 Å². The van der Waals surface area contributed by atoms with E-state index in [0.717, 1.165) is 63.0 Å². The highest BCUT2D eigenvalue weighted by molar-refractivity contribution is 8.00. The second-order valence-corrected chi connectivity index (χ2v) is 13.5. The number of nitrogens with one attached hydrogen (secondary N) is 1. The predicted octanol–water partition coefficient (Wildman–Crippen LogP) is 6.37. The molecule has 43 heavy (non-hydrogen) atoms. The Bertz CT molecular complexity index is 1910. The van der Waals surface area contributed by atoms with Crippen molar-refractivity contribution in [3.63, 3.8) is 0 Å². The largest absolute Gasteiger partial charge is 0.435 e. The molecule has 4 heterocycles. The summed E-state index contributed by atoms with van der Waals surface area (Å²) in [6, 6.07) is 11.5. The smallest absolute Gasteiger partial charge is 0.292 e. The van der Waals surface area contributed by atoms with E-state index in [1.54, 1.807) is 23.9 Å². The van der Waals surface area contributed by atoms with Gasteiger partial charge in [-0.1, -0.05) is 26.0 Å². The van der Waals surface area contributed by atoms with Crippen molar-refractivity contribution in [2.75, 3.05) is 18.9 Å². The fourth-order valence-corrected chi connectivity index (χ4v) is 7.67. The minimum absolute atomic E-state index is 0.186. The first-order valence-electron chi connectivity index (χ1n) is 14.1. The van der Waals surface area contributed by atoms with E-state index in [0.29, 0.717) is 33.9 Å². The molecule has 1 aliphatic rings. The number of rotatable bonds is 7. The lowest BCUT2D eigenvalue weighted by molar-refractivity contribution is 0.101. The number of carbonyl (C=O) groups excluding carboxylic acids is 1. The highest BCUT2D eigenvalue weighted by atomic mass is 32.2. The molecule has 0 radical (unpaired) electrons. The molecule has 3 aromatic heterocycles. The van der Waals surface area contributed by atoms with Crippen molar-refractivity contribution >= 4 is 45.1 Å². The number of nitrogens with zero attached hydrogens (tertiary/aromatic N) is 5. The topological polar surface area (TPSA) is 120 Å². The molecule has 1 amide bonds. The number of thioether (sulfide) groups is 1. The number of nitriles is 1. The summed E-state index contributed by atoms with van der Waals surface area (Å²) in [6.45, 7) is 7.80. The number of benzene rings is 2. The molecular formula is C32H32N6O3S2. The van der Waals surface area contributed by atoms with E-state index in [2.05, 4.69) is 53.6 Å². The van der Waals surface area contributed by atoms with E-state index in [4.69, 9.17) is 9.40 Å². The Labute approximate surface area is 258 Å². The van der Waals surface area contributed by atoms with Gasteiger partial charge in [0, 0.05) is 54.0 Å². The minimum Gasteiger partial charge on any atom is -0.435 e. The van der Waals surface area contributed by atoms with Crippen LogP contribution in [-0.4, -0.2) is 49.3 Å². The third-order valence-corrected chi connectivity index (χ3v) is 9.84.